The van der Waals surface area contributed by atoms with Gasteiger partial charge in [0, 0.05) is 5.56 Å². The zero-order chi connectivity index (χ0) is 16.4. The fourth-order valence-electron chi connectivity index (χ4n) is 2.38. The van der Waals surface area contributed by atoms with Crippen molar-refractivity contribution in [2.45, 2.75) is 6.92 Å². The Kier molecular flexibility index (Phi) is 3.61. The third-order valence-corrected chi connectivity index (χ3v) is 3.50. The molecule has 0 fully saturated rings. The number of primary amides is 1. The highest BCUT2D eigenvalue weighted by molar-refractivity contribution is 6.04. The molecule has 0 bridgehead atoms. The summed E-state index contributed by atoms with van der Waals surface area (Å²) in [6.45, 7) is 2.00. The number of hydrogen-bond donors (Lipinski definition) is 2. The number of aromatic amines is 1. The molecule has 2 aromatic heterocycles. The molecule has 112 valence electrons. The molecule has 0 aliphatic carbocycles. The number of nitrogens with zero attached hydrogens (tertiary/aromatic N) is 3. The zero-order valence-electron chi connectivity index (χ0n) is 12.4. The summed E-state index contributed by atoms with van der Waals surface area (Å²) in [6.07, 6.45) is 4.55. The number of rotatable bonds is 3. The van der Waals surface area contributed by atoms with Gasteiger partial charge in [-0.05, 0) is 18.6 Å². The summed E-state index contributed by atoms with van der Waals surface area (Å²) in [5, 5.41) is 9.07. The van der Waals surface area contributed by atoms with Gasteiger partial charge in [-0.1, -0.05) is 29.8 Å². The van der Waals surface area contributed by atoms with Crippen molar-refractivity contribution >= 4 is 23.0 Å². The van der Waals surface area contributed by atoms with Crippen LogP contribution in [0.1, 0.15) is 11.3 Å². The van der Waals surface area contributed by atoms with Gasteiger partial charge in [0.25, 0.3) is 5.91 Å². The van der Waals surface area contributed by atoms with E-state index in [1.807, 2.05) is 37.3 Å². The molecular weight excluding hydrogens is 290 g/mol. The molecule has 23 heavy (non-hydrogen) atoms. The summed E-state index contributed by atoms with van der Waals surface area (Å²) in [5.74, 6) is -0.771. The van der Waals surface area contributed by atoms with Crippen molar-refractivity contribution < 1.29 is 4.79 Å². The molecule has 0 aliphatic rings. The Bertz CT molecular complexity index is 961. The minimum Gasteiger partial charge on any atom is -0.365 e. The van der Waals surface area contributed by atoms with E-state index in [0.29, 0.717) is 5.69 Å². The number of nitrogens with two attached hydrogens (primary N) is 1. The minimum absolute atomic E-state index is 0.127. The van der Waals surface area contributed by atoms with Gasteiger partial charge in [-0.25, -0.2) is 9.97 Å². The molecule has 3 rings (SSSR count). The van der Waals surface area contributed by atoms with Gasteiger partial charge in [0.05, 0.1) is 22.9 Å². The number of hydrogen-bond acceptors (Lipinski definition) is 4. The monoisotopic (exact) mass is 303 g/mol. The van der Waals surface area contributed by atoms with Gasteiger partial charge in [0.15, 0.2) is 0 Å². The Morgan fingerprint density at radius 3 is 2.74 bits per heavy atom. The van der Waals surface area contributed by atoms with E-state index in [4.69, 9.17) is 11.0 Å². The van der Waals surface area contributed by atoms with Crippen molar-refractivity contribution in [1.29, 1.82) is 5.26 Å². The number of carbonyl (C=O) groups excluding carboxylic acids is 1. The second-order valence-corrected chi connectivity index (χ2v) is 5.10. The first-order valence-corrected chi connectivity index (χ1v) is 6.90. The largest absolute Gasteiger partial charge is 0.365 e. The van der Waals surface area contributed by atoms with Gasteiger partial charge in [-0.15, -0.1) is 0 Å². The van der Waals surface area contributed by atoms with Crippen LogP contribution in [-0.4, -0.2) is 20.9 Å². The first kappa shape index (κ1) is 14.5. The average Bonchev–Trinajstić information content (AvgIpc) is 2.91. The lowest BCUT2D eigenvalue weighted by molar-refractivity contribution is -0.114. The van der Waals surface area contributed by atoms with Crippen molar-refractivity contribution in [2.75, 3.05) is 0 Å². The molecule has 6 nitrogen and oxygen atoms in total. The van der Waals surface area contributed by atoms with Crippen molar-refractivity contribution in [3.8, 4) is 17.2 Å². The third-order valence-electron chi connectivity index (χ3n) is 3.50. The SMILES string of the molecule is Cc1ccc(-c2c(/C=C(/C#N)C(N)=O)[nH]c3cncnc23)cc1. The van der Waals surface area contributed by atoms with E-state index in [1.54, 1.807) is 6.20 Å². The number of nitrogens with one attached hydrogen (secondary N) is 1. The van der Waals surface area contributed by atoms with Crippen LogP contribution in [0.3, 0.4) is 0 Å². The maximum absolute atomic E-state index is 11.3. The number of fused-ring (bicyclic) bond motifs is 1. The number of nitriles is 1. The standard InChI is InChI=1S/C17H13N5O/c1-10-2-4-11(5-3-10)15-13(6-12(7-18)17(19)23)22-14-8-20-9-21-16(14)15/h2-6,8-9,22H,1H3,(H2,19,23)/b12-6-. The van der Waals surface area contributed by atoms with Gasteiger partial charge < -0.3 is 10.7 Å². The van der Waals surface area contributed by atoms with Crippen LogP contribution in [0, 0.1) is 18.3 Å². The zero-order valence-corrected chi connectivity index (χ0v) is 12.4. The summed E-state index contributed by atoms with van der Waals surface area (Å²) in [4.78, 5) is 22.8. The smallest absolute Gasteiger partial charge is 0.259 e. The van der Waals surface area contributed by atoms with Crippen LogP contribution >= 0.6 is 0 Å². The molecule has 3 N–H and O–H groups in total. The van der Waals surface area contributed by atoms with Crippen LogP contribution in [0.2, 0.25) is 0 Å². The normalized spacial score (nSPS) is 11.4. The Labute approximate surface area is 132 Å². The molecule has 0 saturated heterocycles. The predicted molar refractivity (Wildman–Crippen MR) is 86.8 cm³/mol. The second kappa shape index (κ2) is 5.73. The van der Waals surface area contributed by atoms with E-state index in [0.717, 1.165) is 27.7 Å². The molecule has 0 unspecified atom stereocenters. The minimum atomic E-state index is -0.771. The van der Waals surface area contributed by atoms with Crippen LogP contribution in [-0.2, 0) is 4.79 Å². The Morgan fingerprint density at radius 2 is 2.09 bits per heavy atom. The molecule has 2 heterocycles. The highest BCUT2D eigenvalue weighted by atomic mass is 16.1. The van der Waals surface area contributed by atoms with E-state index in [-0.39, 0.29) is 5.57 Å². The molecule has 6 heteroatoms. The highest BCUT2D eigenvalue weighted by Crippen LogP contribution is 2.32. The van der Waals surface area contributed by atoms with Gasteiger partial charge in [0.2, 0.25) is 0 Å². The van der Waals surface area contributed by atoms with E-state index in [1.165, 1.54) is 12.4 Å². The lowest BCUT2D eigenvalue weighted by Gasteiger charge is -2.03. The van der Waals surface area contributed by atoms with Crippen molar-refractivity contribution in [3.63, 3.8) is 0 Å². The highest BCUT2D eigenvalue weighted by Gasteiger charge is 2.15. The van der Waals surface area contributed by atoms with Crippen LogP contribution in [0.15, 0.2) is 42.4 Å². The molecule has 0 atom stereocenters. The number of carbonyl (C=O) groups is 1. The summed E-state index contributed by atoms with van der Waals surface area (Å²) in [5.41, 5.74) is 10.00. The first-order valence-electron chi connectivity index (χ1n) is 6.90. The maximum atomic E-state index is 11.3. The lowest BCUT2D eigenvalue weighted by Crippen LogP contribution is -2.12. The van der Waals surface area contributed by atoms with E-state index >= 15 is 0 Å². The van der Waals surface area contributed by atoms with Crippen LogP contribution in [0.4, 0.5) is 0 Å². The Balaban J connectivity index is 2.30. The second-order valence-electron chi connectivity index (χ2n) is 5.10. The molecule has 0 radical (unpaired) electrons. The van der Waals surface area contributed by atoms with Crippen molar-refractivity contribution in [1.82, 2.24) is 15.0 Å². The summed E-state index contributed by atoms with van der Waals surface area (Å²) < 4.78 is 0. The molecule has 1 aromatic carbocycles. The number of amides is 1. The number of aryl methyl sites for hydroxylation is 1. The first-order chi connectivity index (χ1) is 11.1. The van der Waals surface area contributed by atoms with E-state index < -0.39 is 5.91 Å². The van der Waals surface area contributed by atoms with Crippen molar-refractivity contribution in [2.24, 2.45) is 5.73 Å². The number of H-pyrrole nitrogens is 1. The average molecular weight is 303 g/mol. The van der Waals surface area contributed by atoms with Gasteiger partial charge >= 0.3 is 0 Å². The fourth-order valence-corrected chi connectivity index (χ4v) is 2.38. The van der Waals surface area contributed by atoms with Gasteiger partial charge in [-0.2, -0.15) is 5.26 Å². The van der Waals surface area contributed by atoms with Crippen molar-refractivity contribution in [3.05, 3.63) is 53.6 Å². The summed E-state index contributed by atoms with van der Waals surface area (Å²) >= 11 is 0. The van der Waals surface area contributed by atoms with Crippen LogP contribution in [0.5, 0.6) is 0 Å². The molecule has 0 saturated carbocycles. The summed E-state index contributed by atoms with van der Waals surface area (Å²) in [7, 11) is 0. The van der Waals surface area contributed by atoms with E-state index in [9.17, 15) is 4.79 Å². The predicted octanol–water partition coefficient (Wildman–Crippen LogP) is 2.33. The fraction of sp³-hybridized carbons (Fsp3) is 0.0588. The number of benzene rings is 1. The Morgan fingerprint density at radius 1 is 1.35 bits per heavy atom. The van der Waals surface area contributed by atoms with Crippen LogP contribution < -0.4 is 5.73 Å². The lowest BCUT2D eigenvalue weighted by atomic mass is 10.0. The van der Waals surface area contributed by atoms with E-state index in [2.05, 4.69) is 15.0 Å². The molecule has 3 aromatic rings. The topological polar surface area (TPSA) is 108 Å². The van der Waals surface area contributed by atoms with Gasteiger partial charge in [-0.3, -0.25) is 4.79 Å². The molecular formula is C17H13N5O. The third kappa shape index (κ3) is 2.68. The number of aromatic nitrogens is 3. The molecule has 0 aliphatic heterocycles. The quantitative estimate of drug-likeness (QED) is 0.571. The van der Waals surface area contributed by atoms with Crippen LogP contribution in [0.25, 0.3) is 28.2 Å². The summed E-state index contributed by atoms with van der Waals surface area (Å²) in [6, 6.07) is 9.72. The van der Waals surface area contributed by atoms with Gasteiger partial charge in [0.1, 0.15) is 18.0 Å². The molecule has 1 amide bonds. The Hall–Kier alpha value is -3.46. The molecule has 0 spiro atoms. The maximum Gasteiger partial charge on any atom is 0.259 e.